The summed E-state index contributed by atoms with van der Waals surface area (Å²) in [6, 6.07) is 1.72. The Kier molecular flexibility index (Phi) is 4.81. The molecule has 3 heterocycles. The minimum atomic E-state index is -3.66. The zero-order chi connectivity index (χ0) is 17.2. The molecule has 3 rings (SSSR count). The van der Waals surface area contributed by atoms with Crippen molar-refractivity contribution in [1.29, 1.82) is 0 Å². The second-order valence-corrected chi connectivity index (χ2v) is 7.49. The van der Waals surface area contributed by atoms with E-state index in [9.17, 15) is 8.42 Å². The lowest BCUT2D eigenvalue weighted by Crippen LogP contribution is -2.25. The van der Waals surface area contributed by atoms with Crippen molar-refractivity contribution in [3.05, 3.63) is 30.0 Å². The summed E-state index contributed by atoms with van der Waals surface area (Å²) in [5.41, 5.74) is 0.641. The SMILES string of the molecule is CCn1cc(S(=O)(=O)NCc2ccnc(N3CCCC3)n2)nc1C. The number of aromatic nitrogens is 4. The van der Waals surface area contributed by atoms with Crippen LogP contribution in [0.4, 0.5) is 5.95 Å². The molecule has 0 spiro atoms. The van der Waals surface area contributed by atoms with Gasteiger partial charge >= 0.3 is 0 Å². The second-order valence-electron chi connectivity index (χ2n) is 5.78. The molecule has 2 aromatic heterocycles. The summed E-state index contributed by atoms with van der Waals surface area (Å²) in [6.45, 7) is 6.42. The monoisotopic (exact) mass is 350 g/mol. The fourth-order valence-electron chi connectivity index (χ4n) is 2.72. The fourth-order valence-corrected chi connectivity index (χ4v) is 3.73. The van der Waals surface area contributed by atoms with Crippen LogP contribution >= 0.6 is 0 Å². The predicted octanol–water partition coefficient (Wildman–Crippen LogP) is 1.08. The van der Waals surface area contributed by atoms with Gasteiger partial charge in [-0.3, -0.25) is 0 Å². The Hall–Kier alpha value is -2.00. The number of anilines is 1. The topological polar surface area (TPSA) is 93.0 Å². The van der Waals surface area contributed by atoms with Crippen LogP contribution in [-0.2, 0) is 23.1 Å². The smallest absolute Gasteiger partial charge is 0.259 e. The van der Waals surface area contributed by atoms with Crippen LogP contribution in [0.25, 0.3) is 0 Å². The average Bonchev–Trinajstić information content (AvgIpc) is 3.23. The molecule has 0 radical (unpaired) electrons. The van der Waals surface area contributed by atoms with Crippen molar-refractivity contribution in [2.45, 2.75) is 44.8 Å². The van der Waals surface area contributed by atoms with Crippen LogP contribution in [0.3, 0.4) is 0 Å². The number of imidazole rings is 1. The highest BCUT2D eigenvalue weighted by molar-refractivity contribution is 7.89. The van der Waals surface area contributed by atoms with Gasteiger partial charge in [0.15, 0.2) is 5.03 Å². The van der Waals surface area contributed by atoms with Crippen molar-refractivity contribution in [3.63, 3.8) is 0 Å². The van der Waals surface area contributed by atoms with Crippen LogP contribution in [0.2, 0.25) is 0 Å². The molecular weight excluding hydrogens is 328 g/mol. The van der Waals surface area contributed by atoms with Crippen LogP contribution in [0.1, 0.15) is 31.3 Å². The molecule has 0 bridgehead atoms. The largest absolute Gasteiger partial charge is 0.341 e. The van der Waals surface area contributed by atoms with Gasteiger partial charge in [-0.1, -0.05) is 0 Å². The van der Waals surface area contributed by atoms with Crippen LogP contribution < -0.4 is 9.62 Å². The van der Waals surface area contributed by atoms with Crippen molar-refractivity contribution in [1.82, 2.24) is 24.2 Å². The van der Waals surface area contributed by atoms with Crippen molar-refractivity contribution in [2.24, 2.45) is 0 Å². The van der Waals surface area contributed by atoms with Crippen LogP contribution in [0.15, 0.2) is 23.5 Å². The maximum atomic E-state index is 12.4. The first-order valence-corrected chi connectivity index (χ1v) is 9.58. The van der Waals surface area contributed by atoms with E-state index in [2.05, 4.69) is 24.6 Å². The van der Waals surface area contributed by atoms with Gasteiger partial charge in [-0.25, -0.2) is 28.1 Å². The average molecular weight is 350 g/mol. The van der Waals surface area contributed by atoms with E-state index in [0.717, 1.165) is 25.9 Å². The molecule has 0 saturated carbocycles. The lowest BCUT2D eigenvalue weighted by atomic mass is 10.4. The molecule has 1 aliphatic rings. The van der Waals surface area contributed by atoms with Crippen LogP contribution in [0.5, 0.6) is 0 Å². The normalized spacial score (nSPS) is 15.2. The Morgan fingerprint density at radius 3 is 2.67 bits per heavy atom. The summed E-state index contributed by atoms with van der Waals surface area (Å²) in [7, 11) is -3.66. The lowest BCUT2D eigenvalue weighted by Gasteiger charge is -2.15. The third-order valence-electron chi connectivity index (χ3n) is 4.10. The van der Waals surface area contributed by atoms with E-state index in [1.54, 1.807) is 30.0 Å². The molecule has 0 unspecified atom stereocenters. The highest BCUT2D eigenvalue weighted by Crippen LogP contribution is 2.15. The number of hydrogen-bond donors (Lipinski definition) is 1. The van der Waals surface area contributed by atoms with Gasteiger partial charge in [0.2, 0.25) is 5.95 Å². The Morgan fingerprint density at radius 2 is 2.00 bits per heavy atom. The van der Waals surface area contributed by atoms with Gasteiger partial charge in [-0.05, 0) is 32.8 Å². The van der Waals surface area contributed by atoms with E-state index in [4.69, 9.17) is 0 Å². The third-order valence-corrected chi connectivity index (χ3v) is 5.37. The molecular formula is C15H22N6O2S. The van der Waals surface area contributed by atoms with E-state index in [1.807, 2.05) is 6.92 Å². The Balaban J connectivity index is 1.71. The predicted molar refractivity (Wildman–Crippen MR) is 90.1 cm³/mol. The van der Waals surface area contributed by atoms with Gasteiger partial charge in [0, 0.05) is 32.0 Å². The van der Waals surface area contributed by atoms with Gasteiger partial charge in [0.05, 0.1) is 12.2 Å². The minimum absolute atomic E-state index is 0.0377. The summed E-state index contributed by atoms with van der Waals surface area (Å²) in [4.78, 5) is 15.0. The maximum absolute atomic E-state index is 12.4. The van der Waals surface area contributed by atoms with Crippen LogP contribution in [0, 0.1) is 6.92 Å². The molecule has 8 nitrogen and oxygen atoms in total. The first-order chi connectivity index (χ1) is 11.5. The number of hydrogen-bond acceptors (Lipinski definition) is 6. The summed E-state index contributed by atoms with van der Waals surface area (Å²) in [5, 5.41) is 0.0377. The van der Waals surface area contributed by atoms with Crippen LogP contribution in [-0.4, -0.2) is 41.0 Å². The molecule has 0 amide bonds. The quantitative estimate of drug-likeness (QED) is 0.838. The molecule has 9 heteroatoms. The molecule has 1 saturated heterocycles. The molecule has 0 aliphatic carbocycles. The van der Waals surface area contributed by atoms with E-state index < -0.39 is 10.0 Å². The van der Waals surface area contributed by atoms with Gasteiger partial charge in [0.1, 0.15) is 5.82 Å². The number of aryl methyl sites for hydroxylation is 2. The molecule has 1 N–H and O–H groups in total. The number of rotatable bonds is 6. The fraction of sp³-hybridized carbons (Fsp3) is 0.533. The lowest BCUT2D eigenvalue weighted by molar-refractivity contribution is 0.576. The molecule has 1 fully saturated rings. The van der Waals surface area contributed by atoms with E-state index in [0.29, 0.717) is 24.0 Å². The highest BCUT2D eigenvalue weighted by atomic mass is 32.2. The van der Waals surface area contributed by atoms with Crippen molar-refractivity contribution < 1.29 is 8.42 Å². The second kappa shape index (κ2) is 6.86. The summed E-state index contributed by atoms with van der Waals surface area (Å²) >= 11 is 0. The van der Waals surface area contributed by atoms with E-state index >= 15 is 0 Å². The summed E-state index contributed by atoms with van der Waals surface area (Å²) < 4.78 is 29.1. The zero-order valence-electron chi connectivity index (χ0n) is 13.9. The minimum Gasteiger partial charge on any atom is -0.341 e. The molecule has 0 atom stereocenters. The molecule has 0 aromatic carbocycles. The van der Waals surface area contributed by atoms with Gasteiger partial charge in [0.25, 0.3) is 10.0 Å². The molecule has 1 aliphatic heterocycles. The first-order valence-electron chi connectivity index (χ1n) is 8.10. The number of sulfonamides is 1. The Morgan fingerprint density at radius 1 is 1.25 bits per heavy atom. The standard InChI is InChI=1S/C15H22N6O2S/c1-3-20-11-14(18-12(20)2)24(22,23)17-10-13-6-7-16-15(19-13)21-8-4-5-9-21/h6-7,11,17H,3-5,8-10H2,1-2H3. The van der Waals surface area contributed by atoms with E-state index in [-0.39, 0.29) is 11.6 Å². The zero-order valence-corrected chi connectivity index (χ0v) is 14.8. The number of nitrogens with one attached hydrogen (secondary N) is 1. The van der Waals surface area contributed by atoms with Crippen molar-refractivity contribution in [2.75, 3.05) is 18.0 Å². The molecule has 2 aromatic rings. The van der Waals surface area contributed by atoms with Crippen molar-refractivity contribution >= 4 is 16.0 Å². The Labute approximate surface area is 142 Å². The van der Waals surface area contributed by atoms with Gasteiger partial charge in [-0.2, -0.15) is 0 Å². The first kappa shape index (κ1) is 16.8. The molecule has 130 valence electrons. The highest BCUT2D eigenvalue weighted by Gasteiger charge is 2.20. The maximum Gasteiger partial charge on any atom is 0.259 e. The summed E-state index contributed by atoms with van der Waals surface area (Å²) in [5.74, 6) is 1.34. The number of nitrogens with zero attached hydrogens (tertiary/aromatic N) is 5. The van der Waals surface area contributed by atoms with E-state index in [1.165, 1.54) is 0 Å². The Bertz CT molecular complexity index is 811. The van der Waals surface area contributed by atoms with Gasteiger partial charge in [-0.15, -0.1) is 0 Å². The van der Waals surface area contributed by atoms with Gasteiger partial charge < -0.3 is 9.47 Å². The molecule has 24 heavy (non-hydrogen) atoms. The van der Waals surface area contributed by atoms with Crippen molar-refractivity contribution in [3.8, 4) is 0 Å². The third kappa shape index (κ3) is 3.57. The summed E-state index contributed by atoms with van der Waals surface area (Å²) in [6.07, 6.45) is 5.49.